The van der Waals surface area contributed by atoms with Crippen molar-refractivity contribution in [1.82, 2.24) is 10.5 Å². The van der Waals surface area contributed by atoms with Gasteiger partial charge in [0, 0.05) is 18.6 Å². The van der Waals surface area contributed by atoms with Gasteiger partial charge in [-0.25, -0.2) is 0 Å². The Kier molecular flexibility index (Phi) is 2.84. The first-order valence-corrected chi connectivity index (χ1v) is 6.18. The third kappa shape index (κ3) is 2.49. The van der Waals surface area contributed by atoms with Gasteiger partial charge in [-0.3, -0.25) is 4.79 Å². The van der Waals surface area contributed by atoms with E-state index in [1.807, 2.05) is 0 Å². The van der Waals surface area contributed by atoms with Crippen molar-refractivity contribution in [3.63, 3.8) is 0 Å². The van der Waals surface area contributed by atoms with E-state index in [0.717, 1.165) is 38.1 Å². The highest BCUT2D eigenvalue weighted by Gasteiger charge is 2.29. The summed E-state index contributed by atoms with van der Waals surface area (Å²) in [5.74, 6) is 1.17. The summed E-state index contributed by atoms with van der Waals surface area (Å²) in [5.41, 5.74) is 0.387. The summed E-state index contributed by atoms with van der Waals surface area (Å²) in [7, 11) is 0. The van der Waals surface area contributed by atoms with Crippen molar-refractivity contribution in [1.29, 1.82) is 0 Å². The maximum absolute atomic E-state index is 11.9. The summed E-state index contributed by atoms with van der Waals surface area (Å²) in [4.78, 5) is 11.9. The summed E-state index contributed by atoms with van der Waals surface area (Å²) in [5, 5.41) is 6.74. The number of aromatic nitrogens is 1. The monoisotopic (exact) mass is 236 g/mol. The molecule has 1 aromatic rings. The second-order valence-corrected chi connectivity index (χ2v) is 4.78. The quantitative estimate of drug-likeness (QED) is 0.863. The largest absolute Gasteiger partial charge is 0.379 e. The van der Waals surface area contributed by atoms with Gasteiger partial charge < -0.3 is 14.6 Å². The number of hydrogen-bond donors (Lipinski definition) is 1. The molecule has 2 heterocycles. The van der Waals surface area contributed by atoms with E-state index in [9.17, 15) is 4.79 Å². The predicted molar refractivity (Wildman–Crippen MR) is 59.8 cm³/mol. The highest BCUT2D eigenvalue weighted by Crippen LogP contribution is 2.40. The van der Waals surface area contributed by atoms with Crippen molar-refractivity contribution < 1.29 is 14.1 Å². The maximum Gasteiger partial charge on any atom is 0.273 e. The van der Waals surface area contributed by atoms with E-state index in [1.165, 1.54) is 0 Å². The smallest absolute Gasteiger partial charge is 0.273 e. The van der Waals surface area contributed by atoms with Crippen LogP contribution in [0.25, 0.3) is 0 Å². The third-order valence-electron chi connectivity index (χ3n) is 3.24. The van der Waals surface area contributed by atoms with Gasteiger partial charge in [0.2, 0.25) is 0 Å². The molecule has 1 aliphatic heterocycles. The van der Waals surface area contributed by atoms with Gasteiger partial charge >= 0.3 is 0 Å². The minimum absolute atomic E-state index is 0.109. The lowest BCUT2D eigenvalue weighted by molar-refractivity contribution is 0.0620. The molecule has 92 valence electrons. The van der Waals surface area contributed by atoms with Gasteiger partial charge in [0.05, 0.1) is 12.6 Å². The van der Waals surface area contributed by atoms with Crippen LogP contribution >= 0.6 is 0 Å². The molecule has 1 saturated carbocycles. The molecular formula is C12H16N2O3. The van der Waals surface area contributed by atoms with E-state index in [0.29, 0.717) is 18.2 Å². The van der Waals surface area contributed by atoms with E-state index in [-0.39, 0.29) is 11.9 Å². The second-order valence-electron chi connectivity index (χ2n) is 4.78. The van der Waals surface area contributed by atoms with Crippen LogP contribution in [-0.4, -0.2) is 30.3 Å². The van der Waals surface area contributed by atoms with Crippen molar-refractivity contribution in [3.05, 3.63) is 17.5 Å². The van der Waals surface area contributed by atoms with Gasteiger partial charge in [0.25, 0.3) is 5.91 Å². The molecule has 1 atom stereocenters. The van der Waals surface area contributed by atoms with Crippen LogP contribution in [0.4, 0.5) is 0 Å². The Morgan fingerprint density at radius 1 is 1.41 bits per heavy atom. The van der Waals surface area contributed by atoms with Crippen molar-refractivity contribution in [2.75, 3.05) is 13.2 Å². The number of carbonyl (C=O) groups excluding carboxylic acids is 1. The highest BCUT2D eigenvalue weighted by atomic mass is 16.5. The lowest BCUT2D eigenvalue weighted by atomic mass is 10.1. The normalized spacial score (nSPS) is 24.6. The SMILES string of the molecule is O=C(N[C@@H]1CCCOC1)c1cc(C2CC2)on1. The lowest BCUT2D eigenvalue weighted by Gasteiger charge is -2.22. The number of carbonyl (C=O) groups is 1. The van der Waals surface area contributed by atoms with Gasteiger partial charge in [0.1, 0.15) is 5.76 Å². The van der Waals surface area contributed by atoms with E-state index in [2.05, 4.69) is 10.5 Å². The summed E-state index contributed by atoms with van der Waals surface area (Å²) < 4.78 is 10.5. The zero-order valence-corrected chi connectivity index (χ0v) is 9.65. The van der Waals surface area contributed by atoms with Crippen molar-refractivity contribution in [2.24, 2.45) is 0 Å². The van der Waals surface area contributed by atoms with Gasteiger partial charge in [-0.05, 0) is 25.7 Å². The number of ether oxygens (including phenoxy) is 1. The molecule has 3 rings (SSSR count). The fourth-order valence-electron chi connectivity index (χ4n) is 2.07. The summed E-state index contributed by atoms with van der Waals surface area (Å²) >= 11 is 0. The van der Waals surface area contributed by atoms with E-state index < -0.39 is 0 Å². The van der Waals surface area contributed by atoms with Crippen LogP contribution in [0.1, 0.15) is 47.8 Å². The zero-order chi connectivity index (χ0) is 11.7. The molecule has 0 bridgehead atoms. The Balaban J connectivity index is 1.59. The highest BCUT2D eigenvalue weighted by molar-refractivity contribution is 5.92. The van der Waals surface area contributed by atoms with Crippen LogP contribution in [-0.2, 0) is 4.74 Å². The number of hydrogen-bond acceptors (Lipinski definition) is 4. The van der Waals surface area contributed by atoms with Crippen LogP contribution in [0.2, 0.25) is 0 Å². The van der Waals surface area contributed by atoms with Crippen molar-refractivity contribution in [2.45, 2.75) is 37.6 Å². The van der Waals surface area contributed by atoms with Gasteiger partial charge in [-0.1, -0.05) is 5.16 Å². The van der Waals surface area contributed by atoms with Crippen molar-refractivity contribution >= 4 is 5.91 Å². The first-order valence-electron chi connectivity index (χ1n) is 6.18. The van der Waals surface area contributed by atoms with Crippen LogP contribution < -0.4 is 5.32 Å². The Hall–Kier alpha value is -1.36. The standard InChI is InChI=1S/C12H16N2O3/c15-12(13-9-2-1-5-16-7-9)10-6-11(17-14-10)8-3-4-8/h6,8-9H,1-5,7H2,(H,13,15)/t9-/m1/s1. The zero-order valence-electron chi connectivity index (χ0n) is 9.65. The minimum atomic E-state index is -0.156. The summed E-state index contributed by atoms with van der Waals surface area (Å²) in [6.45, 7) is 1.39. The Bertz CT molecular complexity index is 406. The molecule has 1 aliphatic carbocycles. The van der Waals surface area contributed by atoms with Crippen LogP contribution in [0.3, 0.4) is 0 Å². The lowest BCUT2D eigenvalue weighted by Crippen LogP contribution is -2.40. The molecule has 1 N–H and O–H groups in total. The predicted octanol–water partition coefficient (Wildman–Crippen LogP) is 1.46. The topological polar surface area (TPSA) is 64.4 Å². The van der Waals surface area contributed by atoms with Gasteiger partial charge in [-0.15, -0.1) is 0 Å². The Morgan fingerprint density at radius 2 is 2.29 bits per heavy atom. The molecule has 0 aromatic carbocycles. The molecule has 5 heteroatoms. The third-order valence-corrected chi connectivity index (χ3v) is 3.24. The van der Waals surface area contributed by atoms with E-state index in [1.54, 1.807) is 6.07 Å². The Morgan fingerprint density at radius 3 is 3.00 bits per heavy atom. The van der Waals surface area contributed by atoms with E-state index in [4.69, 9.17) is 9.26 Å². The molecule has 1 amide bonds. The Labute approximate surface area is 99.5 Å². The first-order chi connectivity index (χ1) is 8.33. The minimum Gasteiger partial charge on any atom is -0.379 e. The van der Waals surface area contributed by atoms with Crippen LogP contribution in [0.5, 0.6) is 0 Å². The fraction of sp³-hybridized carbons (Fsp3) is 0.667. The number of amides is 1. The fourth-order valence-corrected chi connectivity index (χ4v) is 2.07. The molecule has 2 aliphatic rings. The second kappa shape index (κ2) is 4.49. The number of rotatable bonds is 3. The van der Waals surface area contributed by atoms with Crippen molar-refractivity contribution in [3.8, 4) is 0 Å². The summed E-state index contributed by atoms with van der Waals surface area (Å²) in [6.07, 6.45) is 4.26. The van der Waals surface area contributed by atoms with Gasteiger partial charge in [0.15, 0.2) is 5.69 Å². The number of nitrogens with one attached hydrogen (secondary N) is 1. The van der Waals surface area contributed by atoms with Crippen LogP contribution in [0.15, 0.2) is 10.6 Å². The maximum atomic E-state index is 11.9. The average Bonchev–Trinajstić information content (AvgIpc) is 3.08. The number of nitrogens with zero attached hydrogens (tertiary/aromatic N) is 1. The molecule has 2 fully saturated rings. The van der Waals surface area contributed by atoms with Crippen LogP contribution in [0, 0.1) is 0 Å². The molecule has 0 spiro atoms. The van der Waals surface area contributed by atoms with Gasteiger partial charge in [-0.2, -0.15) is 0 Å². The first kappa shape index (κ1) is 10.8. The molecule has 5 nitrogen and oxygen atoms in total. The molecular weight excluding hydrogens is 220 g/mol. The average molecular weight is 236 g/mol. The molecule has 1 saturated heterocycles. The van der Waals surface area contributed by atoms with E-state index >= 15 is 0 Å². The summed E-state index contributed by atoms with van der Waals surface area (Å²) in [6, 6.07) is 1.87. The molecule has 0 radical (unpaired) electrons. The molecule has 0 unspecified atom stereocenters. The molecule has 17 heavy (non-hydrogen) atoms. The molecule has 1 aromatic heterocycles.